The molecular weight excluding hydrogens is 404 g/mol. The van der Waals surface area contributed by atoms with Crippen LogP contribution in [0.5, 0.6) is 11.5 Å². The monoisotopic (exact) mass is 434 g/mol. The van der Waals surface area contributed by atoms with Gasteiger partial charge >= 0.3 is 0 Å². The van der Waals surface area contributed by atoms with Crippen molar-refractivity contribution in [2.75, 3.05) is 14.2 Å². The molecular formula is C24H30N6O2. The Balaban J connectivity index is 1.35. The van der Waals surface area contributed by atoms with Crippen molar-refractivity contribution in [3.8, 4) is 17.3 Å². The van der Waals surface area contributed by atoms with E-state index in [0.717, 1.165) is 41.3 Å². The SMILES string of the molecule is CN=C(NCc1ccc(-n2ccnc2)nc1)NCc1cccc(OC)c1OC1CCCC1. The van der Waals surface area contributed by atoms with Crippen molar-refractivity contribution in [1.29, 1.82) is 0 Å². The summed E-state index contributed by atoms with van der Waals surface area (Å²) in [6, 6.07) is 10.0. The number of ether oxygens (including phenoxy) is 2. The largest absolute Gasteiger partial charge is 0.493 e. The van der Waals surface area contributed by atoms with E-state index in [-0.39, 0.29) is 6.10 Å². The summed E-state index contributed by atoms with van der Waals surface area (Å²) >= 11 is 0. The lowest BCUT2D eigenvalue weighted by Crippen LogP contribution is -2.36. The number of methoxy groups -OCH3 is 1. The third-order valence-corrected chi connectivity index (χ3v) is 5.57. The molecule has 0 atom stereocenters. The van der Waals surface area contributed by atoms with Crippen LogP contribution >= 0.6 is 0 Å². The Morgan fingerprint density at radius 3 is 2.69 bits per heavy atom. The maximum atomic E-state index is 6.33. The third kappa shape index (κ3) is 5.38. The number of para-hydroxylation sites is 1. The van der Waals surface area contributed by atoms with Crippen LogP contribution in [0.15, 0.2) is 60.2 Å². The lowest BCUT2D eigenvalue weighted by molar-refractivity contribution is 0.198. The van der Waals surface area contributed by atoms with Crippen LogP contribution in [-0.4, -0.2) is 40.8 Å². The highest BCUT2D eigenvalue weighted by molar-refractivity contribution is 5.79. The smallest absolute Gasteiger partial charge is 0.191 e. The van der Waals surface area contributed by atoms with E-state index in [0.29, 0.717) is 19.0 Å². The molecule has 0 aliphatic heterocycles. The van der Waals surface area contributed by atoms with Crippen molar-refractivity contribution >= 4 is 5.96 Å². The average molecular weight is 435 g/mol. The first-order valence-corrected chi connectivity index (χ1v) is 11.0. The van der Waals surface area contributed by atoms with Gasteiger partial charge < -0.3 is 20.1 Å². The van der Waals surface area contributed by atoms with Gasteiger partial charge in [0.15, 0.2) is 17.5 Å². The zero-order valence-electron chi connectivity index (χ0n) is 18.6. The molecule has 4 rings (SSSR count). The number of guanidine groups is 1. The first-order valence-electron chi connectivity index (χ1n) is 11.0. The second kappa shape index (κ2) is 10.7. The molecule has 2 N–H and O–H groups in total. The summed E-state index contributed by atoms with van der Waals surface area (Å²) in [4.78, 5) is 12.9. The van der Waals surface area contributed by atoms with Gasteiger partial charge in [0, 0.05) is 44.3 Å². The Labute approximate surface area is 188 Å². The Kier molecular flexibility index (Phi) is 7.22. The van der Waals surface area contributed by atoms with Crippen molar-refractivity contribution in [3.05, 3.63) is 66.4 Å². The normalized spacial score (nSPS) is 14.4. The van der Waals surface area contributed by atoms with Crippen LogP contribution in [-0.2, 0) is 13.1 Å². The number of imidazole rings is 1. The quantitative estimate of drug-likeness (QED) is 0.417. The maximum Gasteiger partial charge on any atom is 0.191 e. The third-order valence-electron chi connectivity index (χ3n) is 5.57. The number of rotatable bonds is 8. The predicted octanol–water partition coefficient (Wildman–Crippen LogP) is 3.46. The number of nitrogens with zero attached hydrogens (tertiary/aromatic N) is 4. The molecule has 1 fully saturated rings. The van der Waals surface area contributed by atoms with E-state index in [1.807, 2.05) is 41.2 Å². The summed E-state index contributed by atoms with van der Waals surface area (Å²) in [7, 11) is 3.44. The number of hydrogen-bond donors (Lipinski definition) is 2. The average Bonchev–Trinajstić information content (AvgIpc) is 3.55. The molecule has 0 radical (unpaired) electrons. The van der Waals surface area contributed by atoms with Gasteiger partial charge in [-0.05, 0) is 43.4 Å². The molecule has 0 amide bonds. The predicted molar refractivity (Wildman–Crippen MR) is 124 cm³/mol. The number of pyridine rings is 1. The van der Waals surface area contributed by atoms with Gasteiger partial charge in [-0.1, -0.05) is 18.2 Å². The summed E-state index contributed by atoms with van der Waals surface area (Å²) in [5.41, 5.74) is 2.11. The van der Waals surface area contributed by atoms with Gasteiger partial charge in [0.25, 0.3) is 0 Å². The van der Waals surface area contributed by atoms with E-state index in [4.69, 9.17) is 9.47 Å². The molecule has 2 heterocycles. The zero-order chi connectivity index (χ0) is 22.2. The summed E-state index contributed by atoms with van der Waals surface area (Å²) in [6.07, 6.45) is 12.1. The topological polar surface area (TPSA) is 85.6 Å². The molecule has 32 heavy (non-hydrogen) atoms. The van der Waals surface area contributed by atoms with Crippen LogP contribution in [0, 0.1) is 0 Å². The van der Waals surface area contributed by atoms with Gasteiger partial charge in [-0.15, -0.1) is 0 Å². The first kappa shape index (κ1) is 21.7. The summed E-state index contributed by atoms with van der Waals surface area (Å²) in [6.45, 7) is 1.19. The number of benzene rings is 1. The molecule has 8 heteroatoms. The van der Waals surface area contributed by atoms with Crippen molar-refractivity contribution in [2.24, 2.45) is 4.99 Å². The molecule has 1 aromatic carbocycles. The molecule has 0 spiro atoms. The standard InChI is InChI=1S/C24H30N6O2/c1-25-24(28-15-18-10-11-22(27-14-18)30-13-12-26-17-30)29-16-19-6-5-9-21(31-2)23(19)32-20-7-3-4-8-20/h5-6,9-14,17,20H,3-4,7-8,15-16H2,1-2H3,(H2,25,28,29). The highest BCUT2D eigenvalue weighted by Crippen LogP contribution is 2.34. The molecule has 1 aliphatic carbocycles. The molecule has 168 valence electrons. The molecule has 0 unspecified atom stereocenters. The van der Waals surface area contributed by atoms with E-state index >= 15 is 0 Å². The van der Waals surface area contributed by atoms with Crippen LogP contribution in [0.2, 0.25) is 0 Å². The van der Waals surface area contributed by atoms with E-state index in [1.54, 1.807) is 26.7 Å². The molecule has 3 aromatic rings. The fourth-order valence-corrected chi connectivity index (χ4v) is 3.82. The minimum Gasteiger partial charge on any atom is -0.493 e. The molecule has 0 saturated heterocycles. The highest BCUT2D eigenvalue weighted by Gasteiger charge is 2.20. The van der Waals surface area contributed by atoms with Crippen LogP contribution in [0.3, 0.4) is 0 Å². The molecule has 8 nitrogen and oxygen atoms in total. The van der Waals surface area contributed by atoms with Crippen LogP contribution in [0.4, 0.5) is 0 Å². The van der Waals surface area contributed by atoms with Crippen LogP contribution in [0.1, 0.15) is 36.8 Å². The van der Waals surface area contributed by atoms with E-state index < -0.39 is 0 Å². The van der Waals surface area contributed by atoms with E-state index in [1.165, 1.54) is 12.8 Å². The summed E-state index contributed by atoms with van der Waals surface area (Å²) < 4.78 is 13.8. The maximum absolute atomic E-state index is 6.33. The minimum absolute atomic E-state index is 0.264. The number of hydrogen-bond acceptors (Lipinski definition) is 5. The minimum atomic E-state index is 0.264. The van der Waals surface area contributed by atoms with Gasteiger partial charge in [-0.2, -0.15) is 0 Å². The molecule has 1 saturated carbocycles. The summed E-state index contributed by atoms with van der Waals surface area (Å²) in [5, 5.41) is 6.72. The van der Waals surface area contributed by atoms with Crippen LogP contribution in [0.25, 0.3) is 5.82 Å². The van der Waals surface area contributed by atoms with Crippen molar-refractivity contribution in [2.45, 2.75) is 44.9 Å². The Bertz CT molecular complexity index is 1010. The Hall–Kier alpha value is -3.55. The lowest BCUT2D eigenvalue weighted by atomic mass is 10.1. The van der Waals surface area contributed by atoms with Crippen molar-refractivity contribution in [3.63, 3.8) is 0 Å². The molecule has 0 bridgehead atoms. The first-order chi connectivity index (χ1) is 15.8. The highest BCUT2D eigenvalue weighted by atomic mass is 16.5. The van der Waals surface area contributed by atoms with E-state index in [9.17, 15) is 0 Å². The van der Waals surface area contributed by atoms with E-state index in [2.05, 4.69) is 31.7 Å². The second-order valence-corrected chi connectivity index (χ2v) is 7.75. The van der Waals surface area contributed by atoms with Crippen LogP contribution < -0.4 is 20.1 Å². The summed E-state index contributed by atoms with van der Waals surface area (Å²) in [5.74, 6) is 3.13. The zero-order valence-corrected chi connectivity index (χ0v) is 18.6. The molecule has 1 aliphatic rings. The molecule has 2 aromatic heterocycles. The van der Waals surface area contributed by atoms with Gasteiger partial charge in [0.2, 0.25) is 0 Å². The van der Waals surface area contributed by atoms with Gasteiger partial charge in [-0.3, -0.25) is 9.56 Å². The fraction of sp³-hybridized carbons (Fsp3) is 0.375. The van der Waals surface area contributed by atoms with Gasteiger partial charge in [0.05, 0.1) is 13.2 Å². The Morgan fingerprint density at radius 2 is 2.00 bits per heavy atom. The van der Waals surface area contributed by atoms with Crippen molar-refractivity contribution < 1.29 is 9.47 Å². The van der Waals surface area contributed by atoms with Gasteiger partial charge in [0.1, 0.15) is 12.1 Å². The number of nitrogens with one attached hydrogen (secondary N) is 2. The van der Waals surface area contributed by atoms with Crippen molar-refractivity contribution in [1.82, 2.24) is 25.2 Å². The number of aliphatic imine (C=N–C) groups is 1. The van der Waals surface area contributed by atoms with Gasteiger partial charge in [-0.25, -0.2) is 9.97 Å². The lowest BCUT2D eigenvalue weighted by Gasteiger charge is -2.20. The number of aromatic nitrogens is 3. The Morgan fingerprint density at radius 1 is 1.16 bits per heavy atom. The second-order valence-electron chi connectivity index (χ2n) is 7.75. The fourth-order valence-electron chi connectivity index (χ4n) is 3.82.